The van der Waals surface area contributed by atoms with Crippen LogP contribution in [0.1, 0.15) is 30.1 Å². The summed E-state index contributed by atoms with van der Waals surface area (Å²) >= 11 is 0. The van der Waals surface area contributed by atoms with Crippen LogP contribution in [0.3, 0.4) is 0 Å². The first-order valence-corrected chi connectivity index (χ1v) is 12.3. The van der Waals surface area contributed by atoms with Crippen molar-refractivity contribution >= 4 is 39.6 Å². The van der Waals surface area contributed by atoms with Crippen LogP contribution in [-0.4, -0.2) is 59.9 Å². The summed E-state index contributed by atoms with van der Waals surface area (Å²) in [4.78, 5) is 40.8. The minimum Gasteiger partial charge on any atom is -0.363 e. The molecule has 1 aliphatic carbocycles. The van der Waals surface area contributed by atoms with Crippen molar-refractivity contribution in [3.05, 3.63) is 76.3 Å². The smallest absolute Gasteiger partial charge is 0.293 e. The Morgan fingerprint density at radius 2 is 1.69 bits per heavy atom. The van der Waals surface area contributed by atoms with Crippen LogP contribution < -0.4 is 15.5 Å². The molecule has 1 atom stereocenters. The molecule has 3 aromatic rings. The molecule has 5 rings (SSSR count). The van der Waals surface area contributed by atoms with Crippen molar-refractivity contribution in [2.45, 2.75) is 31.8 Å². The van der Waals surface area contributed by atoms with Crippen LogP contribution in [-0.2, 0) is 4.79 Å². The van der Waals surface area contributed by atoms with E-state index in [9.17, 15) is 19.7 Å². The monoisotopic (exact) mass is 487 g/mol. The van der Waals surface area contributed by atoms with Gasteiger partial charge in [-0.15, -0.1) is 0 Å². The second kappa shape index (κ2) is 9.94. The van der Waals surface area contributed by atoms with Gasteiger partial charge in [-0.05, 0) is 54.8 Å². The van der Waals surface area contributed by atoms with Gasteiger partial charge in [0.25, 0.3) is 11.6 Å². The molecule has 1 saturated heterocycles. The quantitative estimate of drug-likeness (QED) is 0.388. The molecule has 1 saturated carbocycles. The Morgan fingerprint density at radius 1 is 0.972 bits per heavy atom. The average Bonchev–Trinajstić information content (AvgIpc) is 3.72. The molecule has 0 radical (unpaired) electrons. The number of rotatable bonds is 7. The maximum atomic E-state index is 12.9. The Morgan fingerprint density at radius 3 is 2.39 bits per heavy atom. The first-order chi connectivity index (χ1) is 17.4. The van der Waals surface area contributed by atoms with E-state index in [1.165, 1.54) is 6.07 Å². The highest BCUT2D eigenvalue weighted by Crippen LogP contribution is 2.31. The van der Waals surface area contributed by atoms with Gasteiger partial charge in [0, 0.05) is 49.5 Å². The van der Waals surface area contributed by atoms with Crippen LogP contribution in [0.2, 0.25) is 0 Å². The zero-order valence-corrected chi connectivity index (χ0v) is 20.1. The second-order valence-electron chi connectivity index (χ2n) is 9.46. The summed E-state index contributed by atoms with van der Waals surface area (Å²) in [6, 6.07) is 18.1. The Bertz CT molecular complexity index is 1310. The van der Waals surface area contributed by atoms with E-state index in [-0.39, 0.29) is 23.2 Å². The molecule has 0 spiro atoms. The molecule has 2 N–H and O–H groups in total. The molecule has 2 amide bonds. The van der Waals surface area contributed by atoms with E-state index >= 15 is 0 Å². The number of hydrogen-bond donors (Lipinski definition) is 2. The number of amides is 2. The van der Waals surface area contributed by atoms with Crippen LogP contribution in [0.25, 0.3) is 10.8 Å². The van der Waals surface area contributed by atoms with Gasteiger partial charge in [0.05, 0.1) is 11.0 Å². The topological polar surface area (TPSA) is 108 Å². The third kappa shape index (κ3) is 5.16. The number of benzene rings is 3. The highest BCUT2D eigenvalue weighted by Gasteiger charge is 2.31. The van der Waals surface area contributed by atoms with Crippen LogP contribution in [0.15, 0.2) is 60.7 Å². The van der Waals surface area contributed by atoms with Gasteiger partial charge < -0.3 is 15.5 Å². The number of fused-ring (bicyclic) bond motifs is 1. The number of hydrogen-bond acceptors (Lipinski definition) is 6. The lowest BCUT2D eigenvalue weighted by atomic mass is 10.1. The lowest BCUT2D eigenvalue weighted by molar-refractivity contribution is -0.384. The van der Waals surface area contributed by atoms with Gasteiger partial charge in [-0.1, -0.05) is 30.3 Å². The molecule has 9 nitrogen and oxygen atoms in total. The molecule has 1 aliphatic heterocycles. The molecular formula is C27H29N5O4. The SMILES string of the molecule is C[C@H](C(=O)NC1CC1)N1CCN(c2ccc(C(=O)Nc3ccc4ccccc4c3)cc2[N+](=O)[O-])CC1. The number of nitrogens with zero attached hydrogens (tertiary/aromatic N) is 3. The fourth-order valence-electron chi connectivity index (χ4n) is 4.61. The van der Waals surface area contributed by atoms with Gasteiger partial charge in [0.1, 0.15) is 5.69 Å². The lowest BCUT2D eigenvalue weighted by Crippen LogP contribution is -2.54. The Balaban J connectivity index is 1.26. The van der Waals surface area contributed by atoms with Crippen molar-refractivity contribution in [2.24, 2.45) is 0 Å². The summed E-state index contributed by atoms with van der Waals surface area (Å²) in [5, 5.41) is 19.8. The van der Waals surface area contributed by atoms with Crippen LogP contribution in [0.5, 0.6) is 0 Å². The van der Waals surface area contributed by atoms with E-state index in [1.807, 2.05) is 54.3 Å². The summed E-state index contributed by atoms with van der Waals surface area (Å²) in [5.41, 5.74) is 1.23. The van der Waals surface area contributed by atoms with Crippen molar-refractivity contribution in [3.8, 4) is 0 Å². The Labute approximate surface area is 209 Å². The van der Waals surface area contributed by atoms with E-state index in [4.69, 9.17) is 0 Å². The summed E-state index contributed by atoms with van der Waals surface area (Å²) < 4.78 is 0. The van der Waals surface area contributed by atoms with Gasteiger partial charge in [-0.25, -0.2) is 0 Å². The van der Waals surface area contributed by atoms with Crippen LogP contribution >= 0.6 is 0 Å². The molecule has 0 unspecified atom stereocenters. The van der Waals surface area contributed by atoms with Crippen molar-refractivity contribution in [1.29, 1.82) is 0 Å². The van der Waals surface area contributed by atoms with Crippen LogP contribution in [0, 0.1) is 10.1 Å². The summed E-state index contributed by atoms with van der Waals surface area (Å²) in [5.74, 6) is -0.362. The zero-order valence-electron chi connectivity index (χ0n) is 20.1. The third-order valence-corrected chi connectivity index (χ3v) is 6.95. The summed E-state index contributed by atoms with van der Waals surface area (Å²) in [6.45, 7) is 4.27. The van der Waals surface area contributed by atoms with E-state index in [0.717, 1.165) is 23.6 Å². The molecule has 2 fully saturated rings. The Hall–Kier alpha value is -3.98. The fraction of sp³-hybridized carbons (Fsp3) is 0.333. The van der Waals surface area contributed by atoms with E-state index < -0.39 is 10.8 Å². The van der Waals surface area contributed by atoms with Crippen molar-refractivity contribution in [2.75, 3.05) is 36.4 Å². The molecule has 1 heterocycles. The standard InChI is InChI=1S/C27H29N5O4/c1-18(26(33)28-22-9-10-22)30-12-14-31(15-13-30)24-11-7-21(17-25(24)32(35)36)27(34)29-23-8-6-19-4-2-3-5-20(19)16-23/h2-8,11,16-18,22H,9-10,12-15H2,1H3,(H,28,33)(H,29,34)/t18-/m1/s1. The summed E-state index contributed by atoms with van der Waals surface area (Å²) in [6.07, 6.45) is 2.10. The largest absolute Gasteiger partial charge is 0.363 e. The number of carbonyl (C=O) groups excluding carboxylic acids is 2. The minimum absolute atomic E-state index is 0.0405. The van der Waals surface area contributed by atoms with Crippen molar-refractivity contribution in [3.63, 3.8) is 0 Å². The van der Waals surface area contributed by atoms with Gasteiger partial charge in [0.2, 0.25) is 5.91 Å². The van der Waals surface area contributed by atoms with Crippen molar-refractivity contribution in [1.82, 2.24) is 10.2 Å². The van der Waals surface area contributed by atoms with E-state index in [2.05, 4.69) is 15.5 Å². The third-order valence-electron chi connectivity index (χ3n) is 6.95. The first kappa shape index (κ1) is 23.7. The normalized spacial score (nSPS) is 17.0. The lowest BCUT2D eigenvalue weighted by Gasteiger charge is -2.38. The number of anilines is 2. The molecule has 0 bridgehead atoms. The number of nitro benzene ring substituents is 1. The number of carbonyl (C=O) groups is 2. The van der Waals surface area contributed by atoms with E-state index in [1.54, 1.807) is 12.1 Å². The van der Waals surface area contributed by atoms with Gasteiger partial charge in [-0.2, -0.15) is 0 Å². The zero-order chi connectivity index (χ0) is 25.2. The maximum Gasteiger partial charge on any atom is 0.293 e. The van der Waals surface area contributed by atoms with Gasteiger partial charge in [0.15, 0.2) is 0 Å². The van der Waals surface area contributed by atoms with Crippen LogP contribution in [0.4, 0.5) is 17.1 Å². The highest BCUT2D eigenvalue weighted by molar-refractivity contribution is 6.06. The average molecular weight is 488 g/mol. The second-order valence-corrected chi connectivity index (χ2v) is 9.46. The number of piperazine rings is 1. The molecule has 186 valence electrons. The van der Waals surface area contributed by atoms with Gasteiger partial charge in [-0.3, -0.25) is 24.6 Å². The summed E-state index contributed by atoms with van der Waals surface area (Å²) in [7, 11) is 0. The Kier molecular flexibility index (Phi) is 6.56. The molecule has 36 heavy (non-hydrogen) atoms. The predicted molar refractivity (Wildman–Crippen MR) is 139 cm³/mol. The highest BCUT2D eigenvalue weighted by atomic mass is 16.6. The minimum atomic E-state index is -0.444. The molecule has 9 heteroatoms. The molecule has 2 aliphatic rings. The van der Waals surface area contributed by atoms with Gasteiger partial charge >= 0.3 is 0 Å². The molecular weight excluding hydrogens is 458 g/mol. The van der Waals surface area contributed by atoms with E-state index in [0.29, 0.717) is 43.6 Å². The number of nitrogens with one attached hydrogen (secondary N) is 2. The van der Waals surface area contributed by atoms with Crippen molar-refractivity contribution < 1.29 is 14.5 Å². The predicted octanol–water partition coefficient (Wildman–Crippen LogP) is 3.79. The fourth-order valence-corrected chi connectivity index (χ4v) is 4.61. The molecule has 3 aromatic carbocycles. The molecule has 0 aromatic heterocycles. The first-order valence-electron chi connectivity index (χ1n) is 12.3. The maximum absolute atomic E-state index is 12.9. The number of nitro groups is 1.